The maximum absolute atomic E-state index is 7.44. The number of imidazole rings is 1. The van der Waals surface area contributed by atoms with Crippen molar-refractivity contribution in [2.24, 2.45) is 5.73 Å². The van der Waals surface area contributed by atoms with Gasteiger partial charge in [-0.15, -0.1) is 0 Å². The topological polar surface area (TPSA) is 80.6 Å². The summed E-state index contributed by atoms with van der Waals surface area (Å²) in [5.74, 6) is 0.878. The number of aryl methyl sites for hydroxylation is 1. The average molecular weight is 251 g/mol. The van der Waals surface area contributed by atoms with Gasteiger partial charge >= 0.3 is 0 Å². The summed E-state index contributed by atoms with van der Waals surface area (Å²) in [4.78, 5) is 8.68. The highest BCUT2D eigenvalue weighted by molar-refractivity contribution is 5.98. The van der Waals surface area contributed by atoms with Crippen LogP contribution in [0.2, 0.25) is 0 Å². The number of nitrogen functional groups attached to an aromatic ring is 1. The number of nitrogens with one attached hydrogen (secondary N) is 1. The molecule has 0 aliphatic carbocycles. The van der Waals surface area contributed by atoms with E-state index in [4.69, 9.17) is 11.1 Å². The Balaban J connectivity index is 2.18. The highest BCUT2D eigenvalue weighted by Gasteiger charge is 2.07. The Kier molecular flexibility index (Phi) is 2.52. The first-order chi connectivity index (χ1) is 9.15. The predicted molar refractivity (Wildman–Crippen MR) is 74.6 cm³/mol. The van der Waals surface area contributed by atoms with Gasteiger partial charge in [0, 0.05) is 11.8 Å². The van der Waals surface area contributed by atoms with Crippen LogP contribution in [-0.4, -0.2) is 20.4 Å². The van der Waals surface area contributed by atoms with Crippen LogP contribution in [0, 0.1) is 12.3 Å². The van der Waals surface area contributed by atoms with Gasteiger partial charge in [0.25, 0.3) is 0 Å². The quantitative estimate of drug-likeness (QED) is 0.540. The summed E-state index contributed by atoms with van der Waals surface area (Å²) in [7, 11) is 0. The highest BCUT2D eigenvalue weighted by atomic mass is 15.1. The Morgan fingerprint density at radius 3 is 2.79 bits per heavy atom. The van der Waals surface area contributed by atoms with Gasteiger partial charge in [-0.1, -0.05) is 0 Å². The fourth-order valence-electron chi connectivity index (χ4n) is 2.01. The van der Waals surface area contributed by atoms with E-state index in [1.165, 1.54) is 0 Å². The SMILES string of the molecule is Cc1ccnc(-n2cnc3cc(C(=N)N)ccc32)c1. The zero-order valence-electron chi connectivity index (χ0n) is 10.5. The van der Waals surface area contributed by atoms with E-state index in [9.17, 15) is 0 Å². The molecule has 5 nitrogen and oxygen atoms in total. The van der Waals surface area contributed by atoms with Gasteiger partial charge in [0.2, 0.25) is 0 Å². The molecular formula is C14H13N5. The molecule has 3 aromatic rings. The fraction of sp³-hybridized carbons (Fsp3) is 0.0714. The van der Waals surface area contributed by atoms with Crippen LogP contribution < -0.4 is 5.73 Å². The summed E-state index contributed by atoms with van der Waals surface area (Å²) in [6.45, 7) is 2.03. The lowest BCUT2D eigenvalue weighted by Crippen LogP contribution is -2.10. The minimum Gasteiger partial charge on any atom is -0.384 e. The van der Waals surface area contributed by atoms with Gasteiger partial charge < -0.3 is 5.73 Å². The summed E-state index contributed by atoms with van der Waals surface area (Å²) in [5, 5.41) is 7.44. The lowest BCUT2D eigenvalue weighted by atomic mass is 10.2. The molecule has 0 aliphatic rings. The minimum atomic E-state index is 0.0464. The summed E-state index contributed by atoms with van der Waals surface area (Å²) in [6.07, 6.45) is 3.51. The molecule has 0 bridgehead atoms. The molecule has 19 heavy (non-hydrogen) atoms. The van der Waals surface area contributed by atoms with Gasteiger partial charge in [-0.2, -0.15) is 0 Å². The smallest absolute Gasteiger partial charge is 0.138 e. The third-order valence-electron chi connectivity index (χ3n) is 3.01. The van der Waals surface area contributed by atoms with Crippen LogP contribution >= 0.6 is 0 Å². The van der Waals surface area contributed by atoms with Crippen LogP contribution in [0.5, 0.6) is 0 Å². The van der Waals surface area contributed by atoms with E-state index in [0.29, 0.717) is 5.56 Å². The molecule has 5 heteroatoms. The Bertz CT molecular complexity index is 772. The number of hydrogen-bond acceptors (Lipinski definition) is 3. The molecule has 0 unspecified atom stereocenters. The van der Waals surface area contributed by atoms with E-state index in [-0.39, 0.29) is 5.84 Å². The van der Waals surface area contributed by atoms with Crippen LogP contribution in [-0.2, 0) is 0 Å². The van der Waals surface area contributed by atoms with Gasteiger partial charge in [0.15, 0.2) is 0 Å². The van der Waals surface area contributed by atoms with Gasteiger partial charge in [-0.25, -0.2) is 9.97 Å². The molecule has 0 saturated heterocycles. The zero-order valence-corrected chi connectivity index (χ0v) is 10.5. The van der Waals surface area contributed by atoms with Crippen molar-refractivity contribution in [3.8, 4) is 5.82 Å². The number of aromatic nitrogens is 3. The van der Waals surface area contributed by atoms with Gasteiger partial charge in [0.05, 0.1) is 11.0 Å². The predicted octanol–water partition coefficient (Wildman–Crippen LogP) is 2.01. The number of hydrogen-bond donors (Lipinski definition) is 2. The molecule has 0 radical (unpaired) electrons. The molecule has 2 heterocycles. The van der Waals surface area contributed by atoms with Crippen molar-refractivity contribution in [2.75, 3.05) is 0 Å². The lowest BCUT2D eigenvalue weighted by molar-refractivity contribution is 1.02. The van der Waals surface area contributed by atoms with Crippen molar-refractivity contribution in [1.82, 2.24) is 14.5 Å². The van der Waals surface area contributed by atoms with E-state index < -0.39 is 0 Å². The standard InChI is InChI=1S/C14H13N5/c1-9-4-5-17-13(6-9)19-8-18-11-7-10(14(15)16)2-3-12(11)19/h2-8H,1H3,(H3,15,16). The van der Waals surface area contributed by atoms with Crippen LogP contribution in [0.15, 0.2) is 42.9 Å². The van der Waals surface area contributed by atoms with Crippen LogP contribution in [0.25, 0.3) is 16.9 Å². The van der Waals surface area contributed by atoms with Crippen molar-refractivity contribution in [3.63, 3.8) is 0 Å². The largest absolute Gasteiger partial charge is 0.384 e. The molecule has 94 valence electrons. The van der Waals surface area contributed by atoms with E-state index >= 15 is 0 Å². The normalized spacial score (nSPS) is 10.8. The highest BCUT2D eigenvalue weighted by Crippen LogP contribution is 2.18. The summed E-state index contributed by atoms with van der Waals surface area (Å²) in [6, 6.07) is 9.49. The molecule has 3 N–H and O–H groups in total. The second kappa shape index (κ2) is 4.20. The van der Waals surface area contributed by atoms with Gasteiger partial charge in [0.1, 0.15) is 18.0 Å². The van der Waals surface area contributed by atoms with Crippen LogP contribution in [0.3, 0.4) is 0 Å². The number of fused-ring (bicyclic) bond motifs is 1. The van der Waals surface area contributed by atoms with Crippen molar-refractivity contribution in [2.45, 2.75) is 6.92 Å². The Hall–Kier alpha value is -2.69. The summed E-state index contributed by atoms with van der Waals surface area (Å²) < 4.78 is 1.92. The third-order valence-corrected chi connectivity index (χ3v) is 3.01. The molecule has 0 aliphatic heterocycles. The van der Waals surface area contributed by atoms with Crippen molar-refractivity contribution in [3.05, 3.63) is 54.0 Å². The maximum atomic E-state index is 7.44. The van der Waals surface area contributed by atoms with Crippen molar-refractivity contribution in [1.29, 1.82) is 5.41 Å². The minimum absolute atomic E-state index is 0.0464. The lowest BCUT2D eigenvalue weighted by Gasteiger charge is -2.04. The number of amidine groups is 1. The number of nitrogens with zero attached hydrogens (tertiary/aromatic N) is 3. The number of pyridine rings is 1. The molecular weight excluding hydrogens is 238 g/mol. The number of rotatable bonds is 2. The summed E-state index contributed by atoms with van der Waals surface area (Å²) in [5.41, 5.74) is 9.05. The number of benzene rings is 1. The Labute approximate surface area is 110 Å². The van der Waals surface area contributed by atoms with Gasteiger partial charge in [-0.05, 0) is 42.8 Å². The van der Waals surface area contributed by atoms with Crippen molar-refractivity contribution >= 4 is 16.9 Å². The Morgan fingerprint density at radius 1 is 1.21 bits per heavy atom. The number of nitrogens with two attached hydrogens (primary N) is 1. The first kappa shape index (κ1) is 11.4. The van der Waals surface area contributed by atoms with E-state index in [0.717, 1.165) is 22.4 Å². The van der Waals surface area contributed by atoms with E-state index in [1.54, 1.807) is 12.5 Å². The molecule has 0 saturated carbocycles. The fourth-order valence-corrected chi connectivity index (χ4v) is 2.01. The third kappa shape index (κ3) is 1.95. The van der Waals surface area contributed by atoms with Crippen LogP contribution in [0.4, 0.5) is 0 Å². The average Bonchev–Trinajstić information content (AvgIpc) is 2.81. The molecule has 1 aromatic carbocycles. The molecule has 0 fully saturated rings. The van der Waals surface area contributed by atoms with Crippen molar-refractivity contribution < 1.29 is 0 Å². The molecule has 2 aromatic heterocycles. The molecule has 0 amide bonds. The second-order valence-corrected chi connectivity index (χ2v) is 4.42. The second-order valence-electron chi connectivity index (χ2n) is 4.42. The first-order valence-corrected chi connectivity index (χ1v) is 5.90. The monoisotopic (exact) mass is 251 g/mol. The molecule has 0 spiro atoms. The molecule has 3 rings (SSSR count). The van der Waals surface area contributed by atoms with E-state index in [2.05, 4.69) is 9.97 Å². The van der Waals surface area contributed by atoms with Crippen LogP contribution in [0.1, 0.15) is 11.1 Å². The first-order valence-electron chi connectivity index (χ1n) is 5.90. The summed E-state index contributed by atoms with van der Waals surface area (Å²) >= 11 is 0. The van der Waals surface area contributed by atoms with E-state index in [1.807, 2.05) is 41.8 Å². The Morgan fingerprint density at radius 2 is 2.05 bits per heavy atom. The zero-order chi connectivity index (χ0) is 13.4. The molecule has 0 atom stereocenters. The maximum Gasteiger partial charge on any atom is 0.138 e. The van der Waals surface area contributed by atoms with Gasteiger partial charge in [-0.3, -0.25) is 9.98 Å².